The van der Waals surface area contributed by atoms with E-state index in [2.05, 4.69) is 5.32 Å². The number of hydrogen-bond acceptors (Lipinski definition) is 2. The van der Waals surface area contributed by atoms with E-state index in [0.717, 1.165) is 68.4 Å². The summed E-state index contributed by atoms with van der Waals surface area (Å²) in [5.74, 6) is 0.227. The average Bonchev–Trinajstić information content (AvgIpc) is 3.43. The lowest BCUT2D eigenvalue weighted by atomic mass is 9.78. The molecule has 1 N–H and O–H groups in total. The van der Waals surface area contributed by atoms with Crippen LogP contribution in [0.2, 0.25) is 5.02 Å². The predicted octanol–water partition coefficient (Wildman–Crippen LogP) is 4.96. The van der Waals surface area contributed by atoms with Crippen molar-refractivity contribution in [2.75, 3.05) is 18.4 Å². The molecule has 0 bridgehead atoms. The zero-order chi connectivity index (χ0) is 20.3. The van der Waals surface area contributed by atoms with Crippen LogP contribution in [-0.2, 0) is 21.4 Å². The summed E-state index contributed by atoms with van der Waals surface area (Å²) in [6.07, 6.45) is 6.42. The maximum absolute atomic E-state index is 13.3. The molecule has 2 aliphatic rings. The zero-order valence-electron chi connectivity index (χ0n) is 16.6. The standard InChI is InChI=1S/C24H27ClN2O2/c25-20-9-7-19(8-10-20)24(13-1-2-14-24)23(29)26-21-11-5-18(6-12-21)17-22(28)27-15-3-4-16-27/h5-12H,1-4,13-17H2,(H,26,29). The Morgan fingerprint density at radius 1 is 0.897 bits per heavy atom. The first-order valence-corrected chi connectivity index (χ1v) is 10.9. The number of nitrogens with one attached hydrogen (secondary N) is 1. The second kappa shape index (κ2) is 8.58. The molecule has 2 amide bonds. The van der Waals surface area contributed by atoms with Crippen LogP contribution in [0.15, 0.2) is 48.5 Å². The van der Waals surface area contributed by atoms with Crippen LogP contribution in [0.1, 0.15) is 49.7 Å². The van der Waals surface area contributed by atoms with Crippen LogP contribution >= 0.6 is 11.6 Å². The largest absolute Gasteiger partial charge is 0.342 e. The molecule has 29 heavy (non-hydrogen) atoms. The van der Waals surface area contributed by atoms with E-state index in [1.165, 1.54) is 0 Å². The van der Waals surface area contributed by atoms with Crippen molar-refractivity contribution in [3.8, 4) is 0 Å². The van der Waals surface area contributed by atoms with E-state index in [9.17, 15) is 9.59 Å². The Kier molecular flexibility index (Phi) is 5.91. The number of anilines is 1. The molecule has 1 saturated heterocycles. The van der Waals surface area contributed by atoms with Gasteiger partial charge >= 0.3 is 0 Å². The van der Waals surface area contributed by atoms with Crippen LogP contribution in [0.25, 0.3) is 0 Å². The summed E-state index contributed by atoms with van der Waals surface area (Å²) < 4.78 is 0. The monoisotopic (exact) mass is 410 g/mol. The highest BCUT2D eigenvalue weighted by atomic mass is 35.5. The number of rotatable bonds is 5. The normalized spacial score (nSPS) is 18.0. The summed E-state index contributed by atoms with van der Waals surface area (Å²) in [7, 11) is 0. The molecule has 4 nitrogen and oxygen atoms in total. The third-order valence-corrected chi connectivity index (χ3v) is 6.57. The minimum atomic E-state index is -0.491. The van der Waals surface area contributed by atoms with Gasteiger partial charge in [-0.05, 0) is 61.1 Å². The summed E-state index contributed by atoms with van der Waals surface area (Å²) in [5, 5.41) is 3.79. The average molecular weight is 411 g/mol. The number of likely N-dealkylation sites (tertiary alicyclic amines) is 1. The zero-order valence-corrected chi connectivity index (χ0v) is 17.4. The molecule has 1 saturated carbocycles. The van der Waals surface area contributed by atoms with Gasteiger partial charge in [0, 0.05) is 23.8 Å². The van der Waals surface area contributed by atoms with E-state index in [-0.39, 0.29) is 11.8 Å². The van der Waals surface area contributed by atoms with Gasteiger partial charge in [-0.1, -0.05) is 48.7 Å². The number of carbonyl (C=O) groups is 2. The van der Waals surface area contributed by atoms with Gasteiger partial charge in [0.15, 0.2) is 0 Å². The quantitative estimate of drug-likeness (QED) is 0.757. The van der Waals surface area contributed by atoms with E-state index in [1.54, 1.807) is 0 Å². The Bertz CT molecular complexity index is 865. The SMILES string of the molecule is O=C(Cc1ccc(NC(=O)C2(c3ccc(Cl)cc3)CCCC2)cc1)N1CCCC1. The van der Waals surface area contributed by atoms with Gasteiger partial charge in [-0.25, -0.2) is 0 Å². The second-order valence-corrected chi connectivity index (χ2v) is 8.65. The van der Waals surface area contributed by atoms with Crippen molar-refractivity contribution in [2.45, 2.75) is 50.4 Å². The van der Waals surface area contributed by atoms with Crippen molar-refractivity contribution < 1.29 is 9.59 Å². The molecule has 1 aliphatic carbocycles. The van der Waals surface area contributed by atoms with E-state index in [4.69, 9.17) is 11.6 Å². The van der Waals surface area contributed by atoms with Crippen molar-refractivity contribution in [1.82, 2.24) is 4.90 Å². The highest BCUT2D eigenvalue weighted by Crippen LogP contribution is 2.42. The van der Waals surface area contributed by atoms with Gasteiger partial charge in [-0.15, -0.1) is 0 Å². The van der Waals surface area contributed by atoms with Crippen LogP contribution < -0.4 is 5.32 Å². The molecule has 1 heterocycles. The van der Waals surface area contributed by atoms with E-state index >= 15 is 0 Å². The highest BCUT2D eigenvalue weighted by molar-refractivity contribution is 6.30. The summed E-state index contributed by atoms with van der Waals surface area (Å²) >= 11 is 6.04. The molecular weight excluding hydrogens is 384 g/mol. The number of halogens is 1. The maximum atomic E-state index is 13.3. The molecule has 0 atom stereocenters. The van der Waals surface area contributed by atoms with Gasteiger partial charge in [-0.3, -0.25) is 9.59 Å². The first-order valence-electron chi connectivity index (χ1n) is 10.5. The minimum Gasteiger partial charge on any atom is -0.342 e. The number of carbonyl (C=O) groups excluding carboxylic acids is 2. The summed E-state index contributed by atoms with van der Waals surface area (Å²) in [4.78, 5) is 27.5. The maximum Gasteiger partial charge on any atom is 0.235 e. The lowest BCUT2D eigenvalue weighted by Gasteiger charge is -2.28. The molecule has 2 aromatic carbocycles. The van der Waals surface area contributed by atoms with E-state index in [0.29, 0.717) is 11.4 Å². The van der Waals surface area contributed by atoms with Crippen LogP contribution in [0, 0.1) is 0 Å². The predicted molar refractivity (Wildman–Crippen MR) is 116 cm³/mol. The van der Waals surface area contributed by atoms with Crippen molar-refractivity contribution in [2.24, 2.45) is 0 Å². The van der Waals surface area contributed by atoms with Crippen molar-refractivity contribution in [1.29, 1.82) is 0 Å². The first kappa shape index (κ1) is 20.0. The summed E-state index contributed by atoms with van der Waals surface area (Å²) in [5.41, 5.74) is 2.29. The molecule has 0 aromatic heterocycles. The first-order chi connectivity index (χ1) is 14.1. The van der Waals surface area contributed by atoms with Gasteiger partial charge in [0.1, 0.15) is 0 Å². The smallest absolute Gasteiger partial charge is 0.235 e. The lowest BCUT2D eigenvalue weighted by Crippen LogP contribution is -2.38. The Morgan fingerprint density at radius 3 is 2.14 bits per heavy atom. The van der Waals surface area contributed by atoms with Crippen molar-refractivity contribution >= 4 is 29.1 Å². The van der Waals surface area contributed by atoms with Gasteiger partial charge in [0.2, 0.25) is 11.8 Å². The van der Waals surface area contributed by atoms with Crippen LogP contribution in [0.5, 0.6) is 0 Å². The molecule has 5 heteroatoms. The topological polar surface area (TPSA) is 49.4 Å². The highest BCUT2D eigenvalue weighted by Gasteiger charge is 2.42. The van der Waals surface area contributed by atoms with Crippen LogP contribution in [-0.4, -0.2) is 29.8 Å². The Balaban J connectivity index is 1.44. The Morgan fingerprint density at radius 2 is 1.52 bits per heavy atom. The van der Waals surface area contributed by atoms with E-state index < -0.39 is 5.41 Å². The number of amides is 2. The fourth-order valence-electron chi connectivity index (χ4n) is 4.60. The fourth-order valence-corrected chi connectivity index (χ4v) is 4.73. The molecule has 1 aliphatic heterocycles. The van der Waals surface area contributed by atoms with Gasteiger partial charge in [0.25, 0.3) is 0 Å². The molecule has 0 spiro atoms. The van der Waals surface area contributed by atoms with Crippen molar-refractivity contribution in [3.05, 3.63) is 64.7 Å². The molecule has 4 rings (SSSR count). The third-order valence-electron chi connectivity index (χ3n) is 6.31. The van der Waals surface area contributed by atoms with Gasteiger partial charge in [0.05, 0.1) is 11.8 Å². The lowest BCUT2D eigenvalue weighted by molar-refractivity contribution is -0.129. The Hall–Kier alpha value is -2.33. The summed E-state index contributed by atoms with van der Waals surface area (Å²) in [6, 6.07) is 15.3. The third kappa shape index (κ3) is 4.32. The number of nitrogens with zero attached hydrogens (tertiary/aromatic N) is 1. The van der Waals surface area contributed by atoms with Crippen LogP contribution in [0.4, 0.5) is 5.69 Å². The van der Waals surface area contributed by atoms with Crippen molar-refractivity contribution in [3.63, 3.8) is 0 Å². The fraction of sp³-hybridized carbons (Fsp3) is 0.417. The summed E-state index contributed by atoms with van der Waals surface area (Å²) in [6.45, 7) is 1.75. The van der Waals surface area contributed by atoms with Gasteiger partial charge < -0.3 is 10.2 Å². The minimum absolute atomic E-state index is 0.0400. The van der Waals surface area contributed by atoms with Crippen LogP contribution in [0.3, 0.4) is 0 Å². The number of hydrogen-bond donors (Lipinski definition) is 1. The molecule has 0 unspecified atom stereocenters. The molecular formula is C24H27ClN2O2. The molecule has 2 fully saturated rings. The molecule has 2 aromatic rings. The second-order valence-electron chi connectivity index (χ2n) is 8.21. The molecule has 152 valence electrons. The molecule has 0 radical (unpaired) electrons. The Labute approximate surface area is 177 Å². The number of benzene rings is 2. The van der Waals surface area contributed by atoms with E-state index in [1.807, 2.05) is 53.4 Å². The van der Waals surface area contributed by atoms with Gasteiger partial charge in [-0.2, -0.15) is 0 Å².